The molecule has 3 aromatic rings. The van der Waals surface area contributed by atoms with Crippen molar-refractivity contribution in [3.63, 3.8) is 0 Å². The number of aryl methyl sites for hydroxylation is 1. The molecule has 0 saturated carbocycles. The number of fused-ring (bicyclic) bond motifs is 3. The molecule has 0 amide bonds. The number of ether oxygens (including phenoxy) is 1. The van der Waals surface area contributed by atoms with Gasteiger partial charge in [-0.2, -0.15) is 0 Å². The van der Waals surface area contributed by atoms with E-state index >= 15 is 0 Å². The van der Waals surface area contributed by atoms with E-state index < -0.39 is 0 Å². The first-order valence-electron chi connectivity index (χ1n) is 9.96. The molecule has 4 nitrogen and oxygen atoms in total. The second-order valence-electron chi connectivity index (χ2n) is 7.31. The molecule has 140 valence electrons. The molecular formula is C23H26N2O2. The molecule has 1 aromatic carbocycles. The van der Waals surface area contributed by atoms with Gasteiger partial charge in [-0.25, -0.2) is 9.78 Å². The van der Waals surface area contributed by atoms with Crippen molar-refractivity contribution in [2.45, 2.75) is 52.4 Å². The third-order valence-corrected chi connectivity index (χ3v) is 5.51. The standard InChI is InChI=1S/C23H26N2O2/c1-3-27-23(26)22-15(2)21-18-13-17(16-9-7-5-4-6-8-10-16)11-12-19(18)25-20(21)14-24-22/h9,11-14,25H,3-8,10H2,1-2H3/b16-9+. The number of carbonyl (C=O) groups is 1. The minimum atomic E-state index is -0.356. The van der Waals surface area contributed by atoms with Gasteiger partial charge < -0.3 is 9.72 Å². The Bertz CT molecular complexity index is 1030. The molecule has 0 fully saturated rings. The fourth-order valence-corrected chi connectivity index (χ4v) is 4.12. The van der Waals surface area contributed by atoms with Gasteiger partial charge >= 0.3 is 5.97 Å². The number of benzene rings is 1. The van der Waals surface area contributed by atoms with Crippen LogP contribution in [-0.4, -0.2) is 22.5 Å². The van der Waals surface area contributed by atoms with Gasteiger partial charge in [0, 0.05) is 16.3 Å². The number of nitrogens with one attached hydrogen (secondary N) is 1. The van der Waals surface area contributed by atoms with Crippen LogP contribution in [0.3, 0.4) is 0 Å². The molecule has 0 bridgehead atoms. The highest BCUT2D eigenvalue weighted by molar-refractivity contribution is 6.11. The largest absolute Gasteiger partial charge is 0.461 e. The number of rotatable bonds is 3. The lowest BCUT2D eigenvalue weighted by atomic mass is 9.93. The Morgan fingerprint density at radius 2 is 2.04 bits per heavy atom. The molecule has 2 heterocycles. The molecule has 1 aliphatic carbocycles. The van der Waals surface area contributed by atoms with Crippen molar-refractivity contribution in [2.24, 2.45) is 0 Å². The van der Waals surface area contributed by atoms with Gasteiger partial charge in [-0.05, 0) is 68.4 Å². The zero-order valence-corrected chi connectivity index (χ0v) is 16.1. The van der Waals surface area contributed by atoms with Crippen LogP contribution in [0, 0.1) is 6.92 Å². The van der Waals surface area contributed by atoms with E-state index in [1.165, 1.54) is 36.8 Å². The summed E-state index contributed by atoms with van der Waals surface area (Å²) in [5, 5.41) is 2.22. The molecule has 2 aromatic heterocycles. The molecule has 1 aliphatic rings. The van der Waals surface area contributed by atoms with Crippen molar-refractivity contribution in [1.29, 1.82) is 0 Å². The van der Waals surface area contributed by atoms with Crippen molar-refractivity contribution < 1.29 is 9.53 Å². The van der Waals surface area contributed by atoms with Crippen LogP contribution < -0.4 is 0 Å². The monoisotopic (exact) mass is 362 g/mol. The van der Waals surface area contributed by atoms with Crippen LogP contribution in [0.2, 0.25) is 0 Å². The SMILES string of the molecule is CCOC(=O)c1ncc2[nH]c3ccc(/C4=C/CCCCCC4)cc3c2c1C. The van der Waals surface area contributed by atoms with E-state index in [-0.39, 0.29) is 5.97 Å². The van der Waals surface area contributed by atoms with E-state index in [9.17, 15) is 4.79 Å². The maximum Gasteiger partial charge on any atom is 0.357 e. The van der Waals surface area contributed by atoms with Gasteiger partial charge in [-0.1, -0.05) is 25.0 Å². The number of hydrogen-bond acceptors (Lipinski definition) is 3. The Balaban J connectivity index is 1.85. The highest BCUT2D eigenvalue weighted by Gasteiger charge is 2.18. The second kappa shape index (κ2) is 7.55. The lowest BCUT2D eigenvalue weighted by Gasteiger charge is -2.12. The van der Waals surface area contributed by atoms with Gasteiger partial charge in [0.15, 0.2) is 5.69 Å². The fraction of sp³-hybridized carbons (Fsp3) is 0.391. The zero-order valence-electron chi connectivity index (χ0n) is 16.1. The van der Waals surface area contributed by atoms with Gasteiger partial charge in [-0.3, -0.25) is 0 Å². The smallest absolute Gasteiger partial charge is 0.357 e. The van der Waals surface area contributed by atoms with Gasteiger partial charge in [0.1, 0.15) is 0 Å². The molecule has 1 N–H and O–H groups in total. The predicted molar refractivity (Wildman–Crippen MR) is 110 cm³/mol. The Hall–Kier alpha value is -2.62. The number of esters is 1. The number of nitrogens with zero attached hydrogens (tertiary/aromatic N) is 1. The van der Waals surface area contributed by atoms with E-state index in [4.69, 9.17) is 4.74 Å². The number of carbonyl (C=O) groups excluding carboxylic acids is 1. The van der Waals surface area contributed by atoms with Crippen LogP contribution in [0.4, 0.5) is 0 Å². The summed E-state index contributed by atoms with van der Waals surface area (Å²) in [5.41, 5.74) is 6.05. The molecule has 0 saturated heterocycles. The topological polar surface area (TPSA) is 55.0 Å². The molecule has 4 heteroatoms. The number of aromatic nitrogens is 2. The Morgan fingerprint density at radius 3 is 2.89 bits per heavy atom. The average Bonchev–Trinajstić information content (AvgIpc) is 3.00. The lowest BCUT2D eigenvalue weighted by Crippen LogP contribution is -2.09. The molecular weight excluding hydrogens is 336 g/mol. The molecule has 0 aliphatic heterocycles. The summed E-state index contributed by atoms with van der Waals surface area (Å²) in [6, 6.07) is 6.62. The predicted octanol–water partition coefficient (Wildman–Crippen LogP) is 5.94. The Labute approximate surface area is 159 Å². The molecule has 0 unspecified atom stereocenters. The van der Waals surface area contributed by atoms with Crippen LogP contribution in [0.5, 0.6) is 0 Å². The Morgan fingerprint density at radius 1 is 1.19 bits per heavy atom. The van der Waals surface area contributed by atoms with Crippen LogP contribution in [-0.2, 0) is 4.74 Å². The number of hydrogen-bond donors (Lipinski definition) is 1. The first-order chi connectivity index (χ1) is 13.2. The number of allylic oxidation sites excluding steroid dienone is 2. The quantitative estimate of drug-likeness (QED) is 0.587. The summed E-state index contributed by atoms with van der Waals surface area (Å²) >= 11 is 0. The summed E-state index contributed by atoms with van der Waals surface area (Å²) in [6.45, 7) is 4.12. The van der Waals surface area contributed by atoms with Gasteiger partial charge in [0.2, 0.25) is 0 Å². The second-order valence-corrected chi connectivity index (χ2v) is 7.31. The van der Waals surface area contributed by atoms with E-state index in [0.717, 1.165) is 40.2 Å². The highest BCUT2D eigenvalue weighted by Crippen LogP contribution is 2.33. The van der Waals surface area contributed by atoms with E-state index in [1.807, 2.05) is 13.8 Å². The van der Waals surface area contributed by atoms with Crippen molar-refractivity contribution in [2.75, 3.05) is 6.61 Å². The molecule has 0 atom stereocenters. The Kier molecular flexibility index (Phi) is 4.97. The maximum atomic E-state index is 12.2. The third kappa shape index (κ3) is 3.36. The van der Waals surface area contributed by atoms with Crippen LogP contribution in [0.15, 0.2) is 30.5 Å². The summed E-state index contributed by atoms with van der Waals surface area (Å²) in [7, 11) is 0. The van der Waals surface area contributed by atoms with Gasteiger partial charge in [0.05, 0.1) is 18.3 Å². The van der Waals surface area contributed by atoms with Crippen molar-refractivity contribution in [3.05, 3.63) is 47.3 Å². The van der Waals surface area contributed by atoms with Crippen LogP contribution in [0.1, 0.15) is 67.1 Å². The first kappa shape index (κ1) is 17.8. The summed E-state index contributed by atoms with van der Waals surface area (Å²) < 4.78 is 5.17. The summed E-state index contributed by atoms with van der Waals surface area (Å²) in [5.74, 6) is -0.356. The summed E-state index contributed by atoms with van der Waals surface area (Å²) in [4.78, 5) is 20.0. The van der Waals surface area contributed by atoms with E-state index in [2.05, 4.69) is 34.2 Å². The molecule has 0 spiro atoms. The van der Waals surface area contributed by atoms with Gasteiger partial charge in [-0.15, -0.1) is 0 Å². The average molecular weight is 362 g/mol. The molecule has 0 radical (unpaired) electrons. The number of aromatic amines is 1. The van der Waals surface area contributed by atoms with Crippen LogP contribution in [0.25, 0.3) is 27.4 Å². The lowest BCUT2D eigenvalue weighted by molar-refractivity contribution is 0.0519. The fourth-order valence-electron chi connectivity index (χ4n) is 4.12. The van der Waals surface area contributed by atoms with Crippen molar-refractivity contribution in [3.8, 4) is 0 Å². The van der Waals surface area contributed by atoms with E-state index in [1.54, 1.807) is 6.20 Å². The zero-order chi connectivity index (χ0) is 18.8. The molecule has 27 heavy (non-hydrogen) atoms. The maximum absolute atomic E-state index is 12.2. The third-order valence-electron chi connectivity index (χ3n) is 5.51. The first-order valence-corrected chi connectivity index (χ1v) is 9.96. The minimum Gasteiger partial charge on any atom is -0.461 e. The summed E-state index contributed by atoms with van der Waals surface area (Å²) in [6.07, 6.45) is 11.7. The highest BCUT2D eigenvalue weighted by atomic mass is 16.5. The van der Waals surface area contributed by atoms with E-state index in [0.29, 0.717) is 12.3 Å². The normalized spacial score (nSPS) is 17.3. The molecule has 4 rings (SSSR count). The number of H-pyrrole nitrogens is 1. The van der Waals surface area contributed by atoms with Crippen molar-refractivity contribution in [1.82, 2.24) is 9.97 Å². The van der Waals surface area contributed by atoms with Crippen LogP contribution >= 0.6 is 0 Å². The minimum absolute atomic E-state index is 0.351. The number of pyridine rings is 1. The van der Waals surface area contributed by atoms with Crippen molar-refractivity contribution >= 4 is 33.3 Å². The van der Waals surface area contributed by atoms with Gasteiger partial charge in [0.25, 0.3) is 0 Å².